The third kappa shape index (κ3) is 2.84. The molecule has 0 fully saturated rings. The van der Waals surface area contributed by atoms with Crippen LogP contribution in [0.2, 0.25) is 10.0 Å². The van der Waals surface area contributed by atoms with Crippen LogP contribution < -0.4 is 5.32 Å². The molecule has 0 unspecified atom stereocenters. The number of carboxylic acids is 1. The molecule has 0 amide bonds. The zero-order valence-electron chi connectivity index (χ0n) is 10.7. The van der Waals surface area contributed by atoms with Gasteiger partial charge in [-0.15, -0.1) is 0 Å². The van der Waals surface area contributed by atoms with Crippen LogP contribution in [0.25, 0.3) is 0 Å². The summed E-state index contributed by atoms with van der Waals surface area (Å²) >= 11 is 12.2. The van der Waals surface area contributed by atoms with Gasteiger partial charge >= 0.3 is 5.97 Å². The number of nitrogens with zero attached hydrogens (tertiary/aromatic N) is 2. The first kappa shape index (κ1) is 14.6. The highest BCUT2D eigenvalue weighted by Gasteiger charge is 2.13. The van der Waals surface area contributed by atoms with Gasteiger partial charge in [-0.3, -0.25) is 0 Å². The Morgan fingerprint density at radius 2 is 2.00 bits per heavy atom. The van der Waals surface area contributed by atoms with E-state index in [9.17, 15) is 4.79 Å². The lowest BCUT2D eigenvalue weighted by atomic mass is 10.2. The van der Waals surface area contributed by atoms with Gasteiger partial charge in [-0.25, -0.2) is 14.8 Å². The third-order valence-electron chi connectivity index (χ3n) is 2.73. The molecule has 2 N–H and O–H groups in total. The summed E-state index contributed by atoms with van der Waals surface area (Å²) in [6.07, 6.45) is 1.24. The molecule has 0 bridgehead atoms. The lowest BCUT2D eigenvalue weighted by molar-refractivity contribution is 0.0695. The van der Waals surface area contributed by atoms with E-state index in [2.05, 4.69) is 15.3 Å². The summed E-state index contributed by atoms with van der Waals surface area (Å²) in [6.45, 7) is 3.44. The maximum Gasteiger partial charge on any atom is 0.339 e. The summed E-state index contributed by atoms with van der Waals surface area (Å²) in [7, 11) is 0. The van der Waals surface area contributed by atoms with Gasteiger partial charge in [-0.05, 0) is 25.5 Å². The number of rotatable bonds is 3. The molecule has 0 aliphatic heterocycles. The maximum absolute atomic E-state index is 10.9. The molecule has 0 aliphatic carbocycles. The number of nitrogens with one attached hydrogen (secondary N) is 1. The highest BCUT2D eigenvalue weighted by molar-refractivity contribution is 6.39. The maximum atomic E-state index is 10.9. The number of hydrogen-bond donors (Lipinski definition) is 2. The Hall–Kier alpha value is -1.85. The number of carboxylic acid groups (broad SMARTS) is 1. The molecule has 1 aromatic carbocycles. The third-order valence-corrected chi connectivity index (χ3v) is 3.53. The highest BCUT2D eigenvalue weighted by atomic mass is 35.5. The molecule has 104 valence electrons. The van der Waals surface area contributed by atoms with Gasteiger partial charge in [0, 0.05) is 6.20 Å². The Balaban J connectivity index is 2.39. The van der Waals surface area contributed by atoms with E-state index in [0.29, 0.717) is 21.4 Å². The smallest absolute Gasteiger partial charge is 0.339 e. The van der Waals surface area contributed by atoms with Crippen molar-refractivity contribution in [2.45, 2.75) is 13.8 Å². The van der Waals surface area contributed by atoms with Crippen molar-refractivity contribution in [3.8, 4) is 0 Å². The zero-order chi connectivity index (χ0) is 14.9. The lowest BCUT2D eigenvalue weighted by Gasteiger charge is -2.11. The summed E-state index contributed by atoms with van der Waals surface area (Å²) in [5, 5.41) is 12.7. The van der Waals surface area contributed by atoms with E-state index in [-0.39, 0.29) is 11.5 Å². The molecule has 0 atom stereocenters. The van der Waals surface area contributed by atoms with E-state index in [1.807, 2.05) is 6.92 Å². The van der Waals surface area contributed by atoms with Gasteiger partial charge in [0.15, 0.2) is 0 Å². The average molecular weight is 312 g/mol. The minimum absolute atomic E-state index is 0.0528. The Kier molecular flexibility index (Phi) is 4.11. The van der Waals surface area contributed by atoms with Gasteiger partial charge in [-0.2, -0.15) is 0 Å². The SMILES string of the molecule is Cc1ccc(Cl)c(Nc2ncc(C(=O)O)c(C)n2)c1Cl. The molecule has 0 radical (unpaired) electrons. The van der Waals surface area contributed by atoms with Gasteiger partial charge in [0.1, 0.15) is 0 Å². The van der Waals surface area contributed by atoms with E-state index < -0.39 is 5.97 Å². The molecule has 0 saturated heterocycles. The number of aromatic nitrogens is 2. The molecular weight excluding hydrogens is 301 g/mol. The van der Waals surface area contributed by atoms with E-state index >= 15 is 0 Å². The molecule has 5 nitrogen and oxygen atoms in total. The zero-order valence-corrected chi connectivity index (χ0v) is 12.2. The fourth-order valence-corrected chi connectivity index (χ4v) is 2.09. The fraction of sp³-hybridized carbons (Fsp3) is 0.154. The summed E-state index contributed by atoms with van der Waals surface area (Å²) in [4.78, 5) is 18.9. The summed E-state index contributed by atoms with van der Waals surface area (Å²) in [5.74, 6) is -0.831. The number of benzene rings is 1. The van der Waals surface area contributed by atoms with Gasteiger partial charge < -0.3 is 10.4 Å². The molecule has 2 aromatic rings. The molecule has 20 heavy (non-hydrogen) atoms. The summed E-state index contributed by atoms with van der Waals surface area (Å²) < 4.78 is 0. The second-order valence-corrected chi connectivity index (χ2v) is 4.96. The first-order valence-corrected chi connectivity index (χ1v) is 6.44. The number of carbonyl (C=O) groups is 1. The number of halogens is 2. The Bertz CT molecular complexity index is 690. The van der Waals surface area contributed by atoms with Crippen LogP contribution in [0.1, 0.15) is 21.6 Å². The number of hydrogen-bond acceptors (Lipinski definition) is 4. The quantitative estimate of drug-likeness (QED) is 0.900. The van der Waals surface area contributed by atoms with Crippen molar-refractivity contribution < 1.29 is 9.90 Å². The molecule has 7 heteroatoms. The van der Waals surface area contributed by atoms with Crippen molar-refractivity contribution >= 4 is 40.8 Å². The van der Waals surface area contributed by atoms with Crippen LogP contribution in [0.3, 0.4) is 0 Å². The van der Waals surface area contributed by atoms with Gasteiger partial charge in [-0.1, -0.05) is 29.3 Å². The number of aryl methyl sites for hydroxylation is 2. The number of aromatic carboxylic acids is 1. The topological polar surface area (TPSA) is 75.1 Å². The molecule has 0 aliphatic rings. The summed E-state index contributed by atoms with van der Waals surface area (Å²) in [5.41, 5.74) is 1.76. The summed E-state index contributed by atoms with van der Waals surface area (Å²) in [6, 6.07) is 3.51. The van der Waals surface area contributed by atoms with Crippen molar-refractivity contribution in [3.63, 3.8) is 0 Å². The second kappa shape index (κ2) is 5.64. The van der Waals surface area contributed by atoms with Crippen LogP contribution in [0.15, 0.2) is 18.3 Å². The van der Waals surface area contributed by atoms with Crippen LogP contribution in [0, 0.1) is 13.8 Å². The van der Waals surface area contributed by atoms with Crippen LogP contribution >= 0.6 is 23.2 Å². The van der Waals surface area contributed by atoms with Crippen LogP contribution in [0.5, 0.6) is 0 Å². The second-order valence-electron chi connectivity index (χ2n) is 4.18. The van der Waals surface area contributed by atoms with E-state index in [1.165, 1.54) is 6.20 Å². The largest absolute Gasteiger partial charge is 0.478 e. The molecule has 2 rings (SSSR count). The Morgan fingerprint density at radius 1 is 1.30 bits per heavy atom. The molecule has 0 saturated carbocycles. The van der Waals surface area contributed by atoms with Crippen LogP contribution in [-0.2, 0) is 0 Å². The van der Waals surface area contributed by atoms with Crippen molar-refractivity contribution in [2.75, 3.05) is 5.32 Å². The van der Waals surface area contributed by atoms with Gasteiger partial charge in [0.05, 0.1) is 27.0 Å². The standard InChI is InChI=1S/C13H11Cl2N3O2/c1-6-3-4-9(14)11(10(6)15)18-13-16-5-8(12(19)20)7(2)17-13/h3-5H,1-2H3,(H,19,20)(H,16,17,18). The van der Waals surface area contributed by atoms with Crippen molar-refractivity contribution in [3.05, 3.63) is 45.2 Å². The molecule has 1 heterocycles. The molecule has 1 aromatic heterocycles. The van der Waals surface area contributed by atoms with Crippen molar-refractivity contribution in [2.24, 2.45) is 0 Å². The first-order chi connectivity index (χ1) is 9.40. The Morgan fingerprint density at radius 3 is 2.60 bits per heavy atom. The van der Waals surface area contributed by atoms with Crippen LogP contribution in [0.4, 0.5) is 11.6 Å². The van der Waals surface area contributed by atoms with Gasteiger partial charge in [0.25, 0.3) is 0 Å². The van der Waals surface area contributed by atoms with Crippen molar-refractivity contribution in [1.82, 2.24) is 9.97 Å². The van der Waals surface area contributed by atoms with Gasteiger partial charge in [0.2, 0.25) is 5.95 Å². The van der Waals surface area contributed by atoms with E-state index in [0.717, 1.165) is 5.56 Å². The minimum atomic E-state index is -1.07. The van der Waals surface area contributed by atoms with E-state index in [4.69, 9.17) is 28.3 Å². The molecular formula is C13H11Cl2N3O2. The van der Waals surface area contributed by atoms with E-state index in [1.54, 1.807) is 19.1 Å². The Labute approximate surface area is 125 Å². The fourth-order valence-electron chi connectivity index (χ4n) is 1.62. The minimum Gasteiger partial charge on any atom is -0.478 e. The normalized spacial score (nSPS) is 10.4. The monoisotopic (exact) mass is 311 g/mol. The highest BCUT2D eigenvalue weighted by Crippen LogP contribution is 2.34. The first-order valence-electron chi connectivity index (χ1n) is 5.68. The molecule has 0 spiro atoms. The van der Waals surface area contributed by atoms with Crippen molar-refractivity contribution in [1.29, 1.82) is 0 Å². The van der Waals surface area contributed by atoms with Crippen LogP contribution in [-0.4, -0.2) is 21.0 Å². The predicted molar refractivity (Wildman–Crippen MR) is 78.2 cm³/mol. The lowest BCUT2D eigenvalue weighted by Crippen LogP contribution is -2.06. The predicted octanol–water partition coefficient (Wildman–Crippen LogP) is 3.84. The average Bonchev–Trinajstić information content (AvgIpc) is 2.39. The number of anilines is 2.